The van der Waals surface area contributed by atoms with Gasteiger partial charge in [0.05, 0.1) is 12.1 Å². The highest BCUT2D eigenvalue weighted by molar-refractivity contribution is 6.36. The summed E-state index contributed by atoms with van der Waals surface area (Å²) in [5, 5.41) is 8.52. The predicted molar refractivity (Wildman–Crippen MR) is 104 cm³/mol. The van der Waals surface area contributed by atoms with Gasteiger partial charge in [-0.05, 0) is 12.5 Å². The second-order valence-corrected chi connectivity index (χ2v) is 6.53. The van der Waals surface area contributed by atoms with Gasteiger partial charge in [-0.3, -0.25) is 4.79 Å². The topological polar surface area (TPSA) is 79.5 Å². The van der Waals surface area contributed by atoms with E-state index in [2.05, 4.69) is 16.0 Å². The molecule has 2 aliphatic heterocycles. The Morgan fingerprint density at radius 2 is 1.81 bits per heavy atom. The highest BCUT2D eigenvalue weighted by atomic mass is 16.5. The van der Waals surface area contributed by atoms with Gasteiger partial charge in [-0.2, -0.15) is 0 Å². The van der Waals surface area contributed by atoms with Crippen molar-refractivity contribution in [1.29, 1.82) is 0 Å². The molecule has 1 atom stereocenters. The van der Waals surface area contributed by atoms with Crippen molar-refractivity contribution in [2.24, 2.45) is 0 Å². The molecule has 3 N–H and O–H groups in total. The fraction of sp³-hybridized carbons (Fsp3) is 0.238. The SMILES string of the molecule is CCCNC(=O)NCC1O/C(=C2/C(=O)Nc3ccccc32)c2ccccc21. The number of hydrogen-bond acceptors (Lipinski definition) is 3. The van der Waals surface area contributed by atoms with Gasteiger partial charge in [-0.1, -0.05) is 49.4 Å². The average Bonchev–Trinajstić information content (AvgIpc) is 3.21. The van der Waals surface area contributed by atoms with E-state index in [-0.39, 0.29) is 18.0 Å². The summed E-state index contributed by atoms with van der Waals surface area (Å²) in [6, 6.07) is 15.1. The van der Waals surface area contributed by atoms with Crippen LogP contribution >= 0.6 is 0 Å². The van der Waals surface area contributed by atoms with E-state index < -0.39 is 0 Å². The minimum absolute atomic E-state index is 0.171. The number of carbonyl (C=O) groups excluding carboxylic acids is 2. The zero-order valence-electron chi connectivity index (χ0n) is 15.0. The summed E-state index contributed by atoms with van der Waals surface area (Å²) in [6.45, 7) is 2.95. The van der Waals surface area contributed by atoms with Crippen LogP contribution in [-0.2, 0) is 9.53 Å². The van der Waals surface area contributed by atoms with Crippen LogP contribution in [0.15, 0.2) is 48.5 Å². The van der Waals surface area contributed by atoms with Crippen LogP contribution in [0, 0.1) is 0 Å². The minimum Gasteiger partial charge on any atom is -0.482 e. The van der Waals surface area contributed by atoms with Gasteiger partial charge in [0.2, 0.25) is 0 Å². The summed E-state index contributed by atoms with van der Waals surface area (Å²) in [7, 11) is 0. The Kier molecular flexibility index (Phi) is 4.54. The normalized spacial score (nSPS) is 19.7. The van der Waals surface area contributed by atoms with E-state index in [1.807, 2.05) is 55.5 Å². The van der Waals surface area contributed by atoms with E-state index in [9.17, 15) is 9.59 Å². The third-order valence-electron chi connectivity index (χ3n) is 4.69. The zero-order chi connectivity index (χ0) is 18.8. The first-order chi connectivity index (χ1) is 13.2. The smallest absolute Gasteiger partial charge is 0.314 e. The van der Waals surface area contributed by atoms with Crippen LogP contribution in [0.1, 0.15) is 36.1 Å². The molecule has 2 aromatic carbocycles. The predicted octanol–water partition coefficient (Wildman–Crippen LogP) is 3.29. The molecule has 0 bridgehead atoms. The maximum absolute atomic E-state index is 12.6. The highest BCUT2D eigenvalue weighted by Crippen LogP contribution is 2.45. The number of hydrogen-bond donors (Lipinski definition) is 3. The first kappa shape index (κ1) is 17.1. The molecule has 6 heteroatoms. The van der Waals surface area contributed by atoms with Gasteiger partial charge in [-0.25, -0.2) is 4.79 Å². The van der Waals surface area contributed by atoms with Gasteiger partial charge in [0.25, 0.3) is 5.91 Å². The molecule has 27 heavy (non-hydrogen) atoms. The molecule has 4 rings (SSSR count). The van der Waals surface area contributed by atoms with Gasteiger partial charge >= 0.3 is 6.03 Å². The van der Waals surface area contributed by atoms with Crippen molar-refractivity contribution in [3.8, 4) is 0 Å². The molecule has 138 valence electrons. The average molecular weight is 363 g/mol. The molecular weight excluding hydrogens is 342 g/mol. The second kappa shape index (κ2) is 7.15. The molecule has 2 aromatic rings. The van der Waals surface area contributed by atoms with Crippen molar-refractivity contribution in [3.05, 3.63) is 65.2 Å². The van der Waals surface area contributed by atoms with E-state index in [1.165, 1.54) is 0 Å². The molecule has 0 fully saturated rings. The number of amides is 3. The highest BCUT2D eigenvalue weighted by Gasteiger charge is 2.36. The first-order valence-electron chi connectivity index (χ1n) is 9.11. The number of ether oxygens (including phenoxy) is 1. The Balaban J connectivity index is 1.65. The number of benzene rings is 2. The van der Waals surface area contributed by atoms with E-state index in [0.717, 1.165) is 28.8 Å². The van der Waals surface area contributed by atoms with Crippen molar-refractivity contribution in [3.63, 3.8) is 0 Å². The molecule has 3 amide bonds. The molecule has 0 spiro atoms. The van der Waals surface area contributed by atoms with Crippen molar-refractivity contribution < 1.29 is 14.3 Å². The number of fused-ring (bicyclic) bond motifs is 2. The van der Waals surface area contributed by atoms with E-state index in [1.54, 1.807) is 0 Å². The summed E-state index contributed by atoms with van der Waals surface area (Å²) in [5.41, 5.74) is 4.01. The fourth-order valence-corrected chi connectivity index (χ4v) is 3.43. The Morgan fingerprint density at radius 1 is 1.07 bits per heavy atom. The van der Waals surface area contributed by atoms with E-state index in [4.69, 9.17) is 4.74 Å². The van der Waals surface area contributed by atoms with Crippen molar-refractivity contribution in [2.75, 3.05) is 18.4 Å². The first-order valence-corrected chi connectivity index (χ1v) is 9.11. The van der Waals surface area contributed by atoms with Crippen molar-refractivity contribution in [2.45, 2.75) is 19.4 Å². The van der Waals surface area contributed by atoms with Crippen molar-refractivity contribution >= 4 is 29.0 Å². The molecule has 6 nitrogen and oxygen atoms in total. The van der Waals surface area contributed by atoms with Crippen LogP contribution in [-0.4, -0.2) is 25.0 Å². The Labute approximate surface area is 157 Å². The number of para-hydroxylation sites is 1. The number of nitrogens with one attached hydrogen (secondary N) is 3. The quantitative estimate of drug-likeness (QED) is 0.730. The molecule has 1 unspecified atom stereocenters. The summed E-state index contributed by atoms with van der Waals surface area (Å²) in [5.74, 6) is 0.393. The molecule has 0 radical (unpaired) electrons. The molecule has 0 saturated heterocycles. The number of carbonyl (C=O) groups is 2. The monoisotopic (exact) mass is 363 g/mol. The lowest BCUT2D eigenvalue weighted by Gasteiger charge is -2.14. The largest absolute Gasteiger partial charge is 0.482 e. The van der Waals surface area contributed by atoms with Crippen molar-refractivity contribution in [1.82, 2.24) is 10.6 Å². The van der Waals surface area contributed by atoms with Crippen LogP contribution in [0.25, 0.3) is 11.3 Å². The Hall–Kier alpha value is -3.28. The second-order valence-electron chi connectivity index (χ2n) is 6.53. The fourth-order valence-electron chi connectivity index (χ4n) is 3.43. The van der Waals surface area contributed by atoms with Crippen LogP contribution in [0.3, 0.4) is 0 Å². The lowest BCUT2D eigenvalue weighted by atomic mass is 9.99. The number of anilines is 1. The van der Waals surface area contributed by atoms with E-state index in [0.29, 0.717) is 24.4 Å². The Morgan fingerprint density at radius 3 is 2.63 bits per heavy atom. The van der Waals surface area contributed by atoms with Gasteiger partial charge < -0.3 is 20.7 Å². The van der Waals surface area contributed by atoms with Gasteiger partial charge in [0.1, 0.15) is 11.9 Å². The van der Waals surface area contributed by atoms with Gasteiger partial charge in [0, 0.05) is 28.9 Å². The zero-order valence-corrected chi connectivity index (χ0v) is 15.0. The number of urea groups is 1. The minimum atomic E-state index is -0.336. The standard InChI is InChI=1S/C21H21N3O3/c1-2-11-22-21(26)23-12-17-13-7-3-4-8-14(13)19(27-17)18-15-9-5-6-10-16(15)24-20(18)25/h3-10,17H,2,11-12H2,1H3,(H,24,25)(H2,22,23,26)/b19-18+. The molecular formula is C21H21N3O3. The van der Waals surface area contributed by atoms with E-state index >= 15 is 0 Å². The van der Waals surface area contributed by atoms with Crippen LogP contribution < -0.4 is 16.0 Å². The summed E-state index contributed by atoms with van der Waals surface area (Å²) < 4.78 is 6.17. The molecule has 0 aromatic heterocycles. The van der Waals surface area contributed by atoms with Crippen LogP contribution in [0.4, 0.5) is 10.5 Å². The molecule has 2 heterocycles. The van der Waals surface area contributed by atoms with Gasteiger partial charge in [0.15, 0.2) is 0 Å². The summed E-state index contributed by atoms with van der Waals surface area (Å²) in [4.78, 5) is 24.5. The van der Waals surface area contributed by atoms with Crippen LogP contribution in [0.2, 0.25) is 0 Å². The van der Waals surface area contributed by atoms with Crippen LogP contribution in [0.5, 0.6) is 0 Å². The Bertz CT molecular complexity index is 936. The lowest BCUT2D eigenvalue weighted by molar-refractivity contribution is -0.110. The maximum atomic E-state index is 12.6. The summed E-state index contributed by atoms with van der Waals surface area (Å²) in [6.07, 6.45) is 0.539. The van der Waals surface area contributed by atoms with Gasteiger partial charge in [-0.15, -0.1) is 0 Å². The number of rotatable bonds is 4. The molecule has 0 aliphatic carbocycles. The molecule has 0 saturated carbocycles. The maximum Gasteiger partial charge on any atom is 0.314 e. The third-order valence-corrected chi connectivity index (χ3v) is 4.69. The third kappa shape index (κ3) is 3.14. The lowest BCUT2D eigenvalue weighted by Crippen LogP contribution is -2.38. The molecule has 2 aliphatic rings. The summed E-state index contributed by atoms with van der Waals surface area (Å²) >= 11 is 0.